The van der Waals surface area contributed by atoms with Crippen LogP contribution in [0.1, 0.15) is 46.5 Å². The van der Waals surface area contributed by atoms with E-state index in [2.05, 4.69) is 17.2 Å². The van der Waals surface area contributed by atoms with Gasteiger partial charge in [-0.05, 0) is 64.0 Å². The Hall–Kier alpha value is -3.76. The highest BCUT2D eigenvalue weighted by Gasteiger charge is 2.25. The number of nitrogens with one attached hydrogen (secondary N) is 2. The summed E-state index contributed by atoms with van der Waals surface area (Å²) in [6.07, 6.45) is 2.72. The fraction of sp³-hybridized carbons (Fsp3) is 0.586. The Kier molecular flexibility index (Phi) is 13.8. The lowest BCUT2D eigenvalue weighted by atomic mass is 9.81. The van der Waals surface area contributed by atoms with Crippen molar-refractivity contribution in [3.05, 3.63) is 43.0 Å². The van der Waals surface area contributed by atoms with Crippen molar-refractivity contribution in [3.63, 3.8) is 0 Å². The lowest BCUT2D eigenvalue weighted by Crippen LogP contribution is -2.39. The van der Waals surface area contributed by atoms with Gasteiger partial charge in [0.25, 0.3) is 0 Å². The van der Waals surface area contributed by atoms with Crippen LogP contribution in [0.3, 0.4) is 0 Å². The molecule has 1 fully saturated rings. The molecule has 40 heavy (non-hydrogen) atoms. The molecule has 1 aliphatic rings. The summed E-state index contributed by atoms with van der Waals surface area (Å²) in [6.45, 7) is 9.31. The second-order valence-corrected chi connectivity index (χ2v) is 10.7. The van der Waals surface area contributed by atoms with Crippen LogP contribution in [0.4, 0.5) is 9.59 Å². The minimum absolute atomic E-state index is 0.00667. The van der Waals surface area contributed by atoms with Crippen LogP contribution in [0.5, 0.6) is 5.75 Å². The maximum Gasteiger partial charge on any atom is 0.407 e. The first kappa shape index (κ1) is 32.5. The molecule has 11 heteroatoms. The molecule has 11 nitrogen and oxygen atoms in total. The molecule has 3 unspecified atom stereocenters. The molecule has 2 N–H and O–H groups in total. The average molecular weight is 563 g/mol. The summed E-state index contributed by atoms with van der Waals surface area (Å²) in [6, 6.07) is 9.03. The smallest absolute Gasteiger partial charge is 0.407 e. The van der Waals surface area contributed by atoms with Crippen LogP contribution in [0.25, 0.3) is 0 Å². The second-order valence-electron chi connectivity index (χ2n) is 10.7. The molecule has 0 bridgehead atoms. The minimum Gasteiger partial charge on any atom is -0.490 e. The van der Waals surface area contributed by atoms with Gasteiger partial charge in [-0.1, -0.05) is 31.2 Å². The molecule has 1 saturated carbocycles. The van der Waals surface area contributed by atoms with Gasteiger partial charge in [-0.3, -0.25) is 4.79 Å². The third-order valence-electron chi connectivity index (χ3n) is 6.15. The molecule has 1 aliphatic carbocycles. The SMILES string of the molecule is C=CC(=O)OCC(COc1ccccc1)OC(=O)NCC1CCCC(CNC(=O)OCCOC(=O)C(C)(C)C)C1. The van der Waals surface area contributed by atoms with Crippen molar-refractivity contribution in [2.75, 3.05) is 39.5 Å². The number of benzene rings is 1. The van der Waals surface area contributed by atoms with Gasteiger partial charge in [0.2, 0.25) is 0 Å². The molecule has 2 amide bonds. The van der Waals surface area contributed by atoms with Crippen molar-refractivity contribution < 1.29 is 42.9 Å². The second kappa shape index (κ2) is 17.0. The van der Waals surface area contributed by atoms with Gasteiger partial charge in [0.15, 0.2) is 6.10 Å². The van der Waals surface area contributed by atoms with Crippen LogP contribution in [0.2, 0.25) is 0 Å². The maximum atomic E-state index is 12.5. The minimum atomic E-state index is -0.810. The number of ether oxygens (including phenoxy) is 5. The monoisotopic (exact) mass is 562 g/mol. The molecular weight excluding hydrogens is 520 g/mol. The predicted octanol–water partition coefficient (Wildman–Crippen LogP) is 4.01. The standard InChI is InChI=1S/C29H42N2O9/c1-5-25(32)39-20-24(19-38-23-12-7-6-8-13-23)40-28(35)31-18-22-11-9-10-21(16-22)17-30-27(34)37-15-14-36-26(33)29(2,3)4/h5-8,12-13,21-22,24H,1,9-11,14-20H2,2-4H3,(H,30,34)(H,31,35). The van der Waals surface area contributed by atoms with Gasteiger partial charge in [0.1, 0.15) is 32.2 Å². The molecule has 0 aromatic heterocycles. The molecule has 222 valence electrons. The molecule has 3 atom stereocenters. The number of alkyl carbamates (subject to hydrolysis) is 2. The largest absolute Gasteiger partial charge is 0.490 e. The molecule has 0 radical (unpaired) electrons. The average Bonchev–Trinajstić information content (AvgIpc) is 2.94. The predicted molar refractivity (Wildman–Crippen MR) is 147 cm³/mol. The summed E-state index contributed by atoms with van der Waals surface area (Å²) in [5.74, 6) is 0.0887. The fourth-order valence-electron chi connectivity index (χ4n) is 4.01. The van der Waals surface area contributed by atoms with E-state index in [9.17, 15) is 19.2 Å². The summed E-state index contributed by atoms with van der Waals surface area (Å²) < 4.78 is 26.3. The van der Waals surface area contributed by atoms with Crippen LogP contribution in [-0.2, 0) is 28.5 Å². The van der Waals surface area contributed by atoms with E-state index in [1.165, 1.54) is 0 Å². The third kappa shape index (κ3) is 13.3. The number of para-hydroxylation sites is 1. The van der Waals surface area contributed by atoms with E-state index >= 15 is 0 Å². The first-order valence-corrected chi connectivity index (χ1v) is 13.6. The van der Waals surface area contributed by atoms with Crippen LogP contribution in [0, 0.1) is 17.3 Å². The highest BCUT2D eigenvalue weighted by molar-refractivity contribution is 5.81. The molecule has 2 rings (SSSR count). The van der Waals surface area contributed by atoms with E-state index in [4.69, 9.17) is 23.7 Å². The van der Waals surface area contributed by atoms with E-state index in [0.29, 0.717) is 18.8 Å². The van der Waals surface area contributed by atoms with Gasteiger partial charge in [-0.15, -0.1) is 0 Å². The summed E-state index contributed by atoms with van der Waals surface area (Å²) in [4.78, 5) is 47.7. The highest BCUT2D eigenvalue weighted by atomic mass is 16.6. The van der Waals surface area contributed by atoms with Gasteiger partial charge in [-0.25, -0.2) is 14.4 Å². The van der Waals surface area contributed by atoms with E-state index in [0.717, 1.165) is 31.8 Å². The number of hydrogen-bond donors (Lipinski definition) is 2. The number of amides is 2. The van der Waals surface area contributed by atoms with Crippen LogP contribution >= 0.6 is 0 Å². The van der Waals surface area contributed by atoms with Crippen molar-refractivity contribution in [2.45, 2.75) is 52.6 Å². The molecule has 0 heterocycles. The third-order valence-corrected chi connectivity index (χ3v) is 6.15. The first-order chi connectivity index (χ1) is 19.1. The Morgan fingerprint density at radius 1 is 0.925 bits per heavy atom. The van der Waals surface area contributed by atoms with Gasteiger partial charge in [0, 0.05) is 19.2 Å². The van der Waals surface area contributed by atoms with Gasteiger partial charge in [0.05, 0.1) is 5.41 Å². The van der Waals surface area contributed by atoms with Gasteiger partial charge >= 0.3 is 24.1 Å². The van der Waals surface area contributed by atoms with Gasteiger partial charge in [-0.2, -0.15) is 0 Å². The van der Waals surface area contributed by atoms with E-state index in [1.54, 1.807) is 32.9 Å². The molecule has 0 saturated heterocycles. The Morgan fingerprint density at radius 3 is 2.17 bits per heavy atom. The lowest BCUT2D eigenvalue weighted by Gasteiger charge is -2.29. The quantitative estimate of drug-likeness (QED) is 0.149. The van der Waals surface area contributed by atoms with E-state index in [1.807, 2.05) is 18.2 Å². The van der Waals surface area contributed by atoms with Crippen LogP contribution in [0.15, 0.2) is 43.0 Å². The van der Waals surface area contributed by atoms with Crippen molar-refractivity contribution in [2.24, 2.45) is 17.3 Å². The lowest BCUT2D eigenvalue weighted by molar-refractivity contribution is -0.153. The number of rotatable bonds is 14. The van der Waals surface area contributed by atoms with Crippen LogP contribution < -0.4 is 15.4 Å². The van der Waals surface area contributed by atoms with Crippen molar-refractivity contribution in [1.82, 2.24) is 10.6 Å². The van der Waals surface area contributed by atoms with E-state index in [-0.39, 0.29) is 44.2 Å². The van der Waals surface area contributed by atoms with Crippen LogP contribution in [-0.4, -0.2) is 69.7 Å². The summed E-state index contributed by atoms with van der Waals surface area (Å²) in [7, 11) is 0. The Labute approximate surface area is 235 Å². The molecule has 1 aromatic carbocycles. The zero-order chi connectivity index (χ0) is 29.4. The fourth-order valence-corrected chi connectivity index (χ4v) is 4.01. The Balaban J connectivity index is 1.69. The molecule has 1 aromatic rings. The number of carbonyl (C=O) groups excluding carboxylic acids is 4. The van der Waals surface area contributed by atoms with E-state index < -0.39 is 29.7 Å². The Morgan fingerprint density at radius 2 is 1.55 bits per heavy atom. The van der Waals surface area contributed by atoms with Crippen molar-refractivity contribution >= 4 is 24.1 Å². The number of hydrogen-bond acceptors (Lipinski definition) is 9. The zero-order valence-electron chi connectivity index (χ0n) is 23.6. The normalized spacial score (nSPS) is 17.5. The number of esters is 2. The Bertz CT molecular complexity index is 962. The zero-order valence-corrected chi connectivity index (χ0v) is 23.6. The summed E-state index contributed by atoms with van der Waals surface area (Å²) in [5, 5.41) is 5.55. The van der Waals surface area contributed by atoms with Gasteiger partial charge < -0.3 is 34.3 Å². The van der Waals surface area contributed by atoms with Crippen molar-refractivity contribution in [3.8, 4) is 5.75 Å². The summed E-state index contributed by atoms with van der Waals surface area (Å²) in [5.41, 5.74) is -0.607. The highest BCUT2D eigenvalue weighted by Crippen LogP contribution is 2.28. The number of carbonyl (C=O) groups is 4. The topological polar surface area (TPSA) is 138 Å². The molecule has 0 spiro atoms. The molecule has 0 aliphatic heterocycles. The first-order valence-electron chi connectivity index (χ1n) is 13.6. The molecular formula is C29H42N2O9. The summed E-state index contributed by atoms with van der Waals surface area (Å²) >= 11 is 0. The maximum absolute atomic E-state index is 12.5. The van der Waals surface area contributed by atoms with Crippen molar-refractivity contribution in [1.29, 1.82) is 0 Å².